The van der Waals surface area contributed by atoms with E-state index in [0.29, 0.717) is 13.2 Å². The zero-order chi connectivity index (χ0) is 17.0. The maximum atomic E-state index is 13.0. The average Bonchev–Trinajstić information content (AvgIpc) is 2.90. The number of benzene rings is 2. The first-order chi connectivity index (χ1) is 11.5. The third kappa shape index (κ3) is 2.00. The minimum Gasteiger partial charge on any atom is -0.493 e. The Labute approximate surface area is 150 Å². The van der Waals surface area contributed by atoms with Crippen LogP contribution in [0, 0.1) is 0 Å². The Morgan fingerprint density at radius 1 is 1.29 bits per heavy atom. The standard InChI is InChI=1S/C19H19BrN2O2/c1-4-24-15-9-13-12-7-5-6-8-14(12)21(3)19(23)22-10-11(2)16(17(15)20)18(13)22/h5-9,11H,4,10H2,1-3H3. The Balaban J connectivity index is 2.10. The van der Waals surface area contributed by atoms with Crippen molar-refractivity contribution < 1.29 is 9.53 Å². The molecule has 0 fully saturated rings. The summed E-state index contributed by atoms with van der Waals surface area (Å²) in [5, 5.41) is 0. The van der Waals surface area contributed by atoms with Crippen molar-refractivity contribution in [3.63, 3.8) is 0 Å². The lowest BCUT2D eigenvalue weighted by molar-refractivity contribution is 0.253. The fraction of sp³-hybridized carbons (Fsp3) is 0.316. The molecule has 2 aliphatic rings. The maximum absolute atomic E-state index is 13.0. The number of urea groups is 1. The van der Waals surface area contributed by atoms with E-state index in [1.165, 1.54) is 0 Å². The zero-order valence-corrected chi connectivity index (χ0v) is 15.6. The first-order valence-electron chi connectivity index (χ1n) is 8.18. The predicted molar refractivity (Wildman–Crippen MR) is 100 cm³/mol. The topological polar surface area (TPSA) is 32.8 Å². The van der Waals surface area contributed by atoms with Gasteiger partial charge in [-0.1, -0.05) is 25.1 Å². The molecule has 2 aliphatic heterocycles. The number of fused-ring (bicyclic) bond motifs is 2. The van der Waals surface area contributed by atoms with Gasteiger partial charge in [-0.05, 0) is 40.5 Å². The van der Waals surface area contributed by atoms with Gasteiger partial charge in [0.15, 0.2) is 0 Å². The summed E-state index contributed by atoms with van der Waals surface area (Å²) >= 11 is 3.71. The van der Waals surface area contributed by atoms with Gasteiger partial charge in [-0.3, -0.25) is 9.80 Å². The number of hydrogen-bond donors (Lipinski definition) is 0. The molecule has 1 atom stereocenters. The van der Waals surface area contributed by atoms with Crippen molar-refractivity contribution >= 4 is 33.3 Å². The fourth-order valence-corrected chi connectivity index (χ4v) is 4.57. The molecule has 0 radical (unpaired) electrons. The molecule has 4 nitrogen and oxygen atoms in total. The van der Waals surface area contributed by atoms with Crippen LogP contribution in [0.3, 0.4) is 0 Å². The van der Waals surface area contributed by atoms with E-state index in [0.717, 1.165) is 38.3 Å². The van der Waals surface area contributed by atoms with Crippen molar-refractivity contribution in [2.75, 3.05) is 30.0 Å². The summed E-state index contributed by atoms with van der Waals surface area (Å²) in [4.78, 5) is 16.6. The molecule has 24 heavy (non-hydrogen) atoms. The summed E-state index contributed by atoms with van der Waals surface area (Å²) in [5.41, 5.74) is 5.23. The normalized spacial score (nSPS) is 18.3. The van der Waals surface area contributed by atoms with Gasteiger partial charge >= 0.3 is 6.03 Å². The van der Waals surface area contributed by atoms with E-state index in [1.54, 1.807) is 4.90 Å². The van der Waals surface area contributed by atoms with Gasteiger partial charge in [0, 0.05) is 30.6 Å². The molecular formula is C19H19BrN2O2. The van der Waals surface area contributed by atoms with Gasteiger partial charge in [0.25, 0.3) is 0 Å². The molecule has 0 spiro atoms. The van der Waals surface area contributed by atoms with E-state index in [4.69, 9.17) is 4.74 Å². The van der Waals surface area contributed by atoms with Crippen LogP contribution in [0.2, 0.25) is 0 Å². The van der Waals surface area contributed by atoms with E-state index in [2.05, 4.69) is 35.0 Å². The smallest absolute Gasteiger partial charge is 0.328 e. The van der Waals surface area contributed by atoms with Crippen LogP contribution in [0.4, 0.5) is 16.2 Å². The highest BCUT2D eigenvalue weighted by Gasteiger charge is 2.39. The number of hydrogen-bond acceptors (Lipinski definition) is 2. The second-order valence-corrected chi connectivity index (χ2v) is 7.09. The number of rotatable bonds is 2. The van der Waals surface area contributed by atoms with Gasteiger partial charge < -0.3 is 4.74 Å². The Kier molecular flexibility index (Phi) is 3.57. The molecule has 124 valence electrons. The van der Waals surface area contributed by atoms with E-state index >= 15 is 0 Å². The van der Waals surface area contributed by atoms with Crippen LogP contribution in [0.15, 0.2) is 34.8 Å². The number of nitrogens with zero attached hydrogens (tertiary/aromatic N) is 2. The molecule has 0 aromatic heterocycles. The highest BCUT2D eigenvalue weighted by molar-refractivity contribution is 9.10. The Bertz CT molecular complexity index is 850. The number of carbonyl (C=O) groups is 1. The molecule has 5 heteroatoms. The molecule has 1 unspecified atom stereocenters. The van der Waals surface area contributed by atoms with Gasteiger partial charge in [-0.25, -0.2) is 4.79 Å². The van der Waals surface area contributed by atoms with Crippen LogP contribution < -0.4 is 14.5 Å². The molecule has 0 bridgehead atoms. The predicted octanol–water partition coefficient (Wildman–Crippen LogP) is 5.01. The largest absolute Gasteiger partial charge is 0.493 e. The van der Waals surface area contributed by atoms with Crippen molar-refractivity contribution in [3.05, 3.63) is 40.4 Å². The molecule has 2 aromatic carbocycles. The van der Waals surface area contributed by atoms with Crippen LogP contribution in [0.25, 0.3) is 11.1 Å². The molecule has 2 aromatic rings. The Hall–Kier alpha value is -2.01. The average molecular weight is 387 g/mol. The van der Waals surface area contributed by atoms with Crippen molar-refractivity contribution in [2.24, 2.45) is 0 Å². The fourth-order valence-electron chi connectivity index (χ4n) is 3.76. The molecule has 0 saturated heterocycles. The van der Waals surface area contributed by atoms with Crippen LogP contribution >= 0.6 is 15.9 Å². The second kappa shape index (κ2) is 5.52. The zero-order valence-electron chi connectivity index (χ0n) is 14.0. The van der Waals surface area contributed by atoms with Crippen LogP contribution in [0.5, 0.6) is 5.75 Å². The number of ether oxygens (including phenoxy) is 1. The number of halogens is 1. The van der Waals surface area contributed by atoms with Crippen LogP contribution in [-0.4, -0.2) is 26.2 Å². The van der Waals surface area contributed by atoms with Crippen molar-refractivity contribution in [3.8, 4) is 16.9 Å². The lowest BCUT2D eigenvalue weighted by atomic mass is 9.95. The van der Waals surface area contributed by atoms with Crippen LogP contribution in [0.1, 0.15) is 25.3 Å². The molecule has 0 aliphatic carbocycles. The van der Waals surface area contributed by atoms with E-state index in [-0.39, 0.29) is 11.9 Å². The third-order valence-electron chi connectivity index (χ3n) is 4.83. The van der Waals surface area contributed by atoms with Gasteiger partial charge in [0.2, 0.25) is 0 Å². The number of anilines is 2. The Morgan fingerprint density at radius 2 is 2.04 bits per heavy atom. The monoisotopic (exact) mass is 386 g/mol. The summed E-state index contributed by atoms with van der Waals surface area (Å²) in [6.45, 7) is 5.44. The highest BCUT2D eigenvalue weighted by atomic mass is 79.9. The number of amides is 2. The van der Waals surface area contributed by atoms with E-state index in [1.807, 2.05) is 37.1 Å². The van der Waals surface area contributed by atoms with Crippen molar-refractivity contribution in [1.82, 2.24) is 0 Å². The minimum absolute atomic E-state index is 0.0165. The molecule has 0 saturated carbocycles. The quantitative estimate of drug-likeness (QED) is 0.726. The summed E-state index contributed by atoms with van der Waals surface area (Å²) in [6, 6.07) is 10.1. The third-order valence-corrected chi connectivity index (χ3v) is 5.65. The minimum atomic E-state index is 0.0165. The van der Waals surface area contributed by atoms with Crippen LogP contribution in [-0.2, 0) is 0 Å². The maximum Gasteiger partial charge on any atom is 0.328 e. The Morgan fingerprint density at radius 3 is 2.79 bits per heavy atom. The van der Waals surface area contributed by atoms with Crippen molar-refractivity contribution in [2.45, 2.75) is 19.8 Å². The lowest BCUT2D eigenvalue weighted by Crippen LogP contribution is -2.39. The summed E-state index contributed by atoms with van der Waals surface area (Å²) in [6.07, 6.45) is 0. The van der Waals surface area contributed by atoms with Gasteiger partial charge in [0.1, 0.15) is 5.75 Å². The summed E-state index contributed by atoms with van der Waals surface area (Å²) < 4.78 is 6.82. The van der Waals surface area contributed by atoms with Gasteiger partial charge in [-0.2, -0.15) is 0 Å². The number of para-hydroxylation sites is 1. The number of carbonyl (C=O) groups excluding carboxylic acids is 1. The van der Waals surface area contributed by atoms with E-state index in [9.17, 15) is 4.79 Å². The van der Waals surface area contributed by atoms with Crippen molar-refractivity contribution in [1.29, 1.82) is 0 Å². The highest BCUT2D eigenvalue weighted by Crippen LogP contribution is 2.53. The molecular weight excluding hydrogens is 368 g/mol. The SMILES string of the molecule is CCOc1cc2c3c(c1Br)C(C)CN3C(=O)N(C)c1ccccc1-2. The first-order valence-corrected chi connectivity index (χ1v) is 8.97. The van der Waals surface area contributed by atoms with Gasteiger partial charge in [-0.15, -0.1) is 0 Å². The summed E-state index contributed by atoms with van der Waals surface area (Å²) in [7, 11) is 1.84. The van der Waals surface area contributed by atoms with Gasteiger partial charge in [0.05, 0.1) is 22.5 Å². The first kappa shape index (κ1) is 15.5. The van der Waals surface area contributed by atoms with E-state index < -0.39 is 0 Å². The lowest BCUT2D eigenvalue weighted by Gasteiger charge is -2.23. The molecule has 2 heterocycles. The second-order valence-electron chi connectivity index (χ2n) is 6.30. The molecule has 2 amide bonds. The molecule has 4 rings (SSSR count). The summed E-state index contributed by atoms with van der Waals surface area (Å²) in [5.74, 6) is 1.10. The molecule has 0 N–H and O–H groups in total.